The first-order valence-corrected chi connectivity index (χ1v) is 5.75. The van der Waals surface area contributed by atoms with Crippen molar-refractivity contribution >= 4 is 10.8 Å². The number of hydrogen-bond acceptors (Lipinski definition) is 2. The number of rotatable bonds is 2. The number of phenolic OH excluding ortho intramolecular Hbond substituents is 1. The van der Waals surface area contributed by atoms with E-state index in [2.05, 4.69) is 23.1 Å². The lowest BCUT2D eigenvalue weighted by Gasteiger charge is -2.30. The van der Waals surface area contributed by atoms with Gasteiger partial charge in [-0.3, -0.25) is 4.90 Å². The zero-order valence-corrected chi connectivity index (χ0v) is 9.19. The highest BCUT2D eigenvalue weighted by Gasteiger charge is 2.13. The molecular formula is C14H15NO. The van der Waals surface area contributed by atoms with Gasteiger partial charge in [-0.15, -0.1) is 0 Å². The van der Waals surface area contributed by atoms with Crippen LogP contribution in [-0.2, 0) is 6.54 Å². The number of phenols is 1. The van der Waals surface area contributed by atoms with Crippen LogP contribution in [0.25, 0.3) is 10.8 Å². The van der Waals surface area contributed by atoms with Gasteiger partial charge in [-0.05, 0) is 54.0 Å². The summed E-state index contributed by atoms with van der Waals surface area (Å²) in [5, 5.41) is 11.7. The third-order valence-corrected chi connectivity index (χ3v) is 3.24. The molecule has 82 valence electrons. The van der Waals surface area contributed by atoms with E-state index >= 15 is 0 Å². The Kier molecular flexibility index (Phi) is 2.29. The molecule has 1 fully saturated rings. The summed E-state index contributed by atoms with van der Waals surface area (Å²) in [5.74, 6) is 0.336. The van der Waals surface area contributed by atoms with Gasteiger partial charge in [0.25, 0.3) is 0 Å². The Morgan fingerprint density at radius 1 is 1.00 bits per heavy atom. The minimum atomic E-state index is 0.336. The van der Waals surface area contributed by atoms with Gasteiger partial charge in [0, 0.05) is 6.54 Å². The second kappa shape index (κ2) is 3.80. The molecule has 2 nitrogen and oxygen atoms in total. The van der Waals surface area contributed by atoms with Gasteiger partial charge in [0.05, 0.1) is 0 Å². The van der Waals surface area contributed by atoms with Crippen LogP contribution >= 0.6 is 0 Å². The molecule has 1 aliphatic heterocycles. The van der Waals surface area contributed by atoms with Gasteiger partial charge in [0.1, 0.15) is 5.75 Å². The largest absolute Gasteiger partial charge is 0.508 e. The van der Waals surface area contributed by atoms with Crippen molar-refractivity contribution in [2.24, 2.45) is 0 Å². The number of likely N-dealkylation sites (tertiary alicyclic amines) is 1. The third kappa shape index (κ3) is 1.76. The van der Waals surface area contributed by atoms with Gasteiger partial charge < -0.3 is 5.11 Å². The molecular weight excluding hydrogens is 198 g/mol. The molecule has 16 heavy (non-hydrogen) atoms. The molecule has 1 N–H and O–H groups in total. The lowest BCUT2D eigenvalue weighted by molar-refractivity contribution is 0.172. The molecule has 2 aromatic rings. The molecule has 0 spiro atoms. The zero-order valence-electron chi connectivity index (χ0n) is 9.19. The lowest BCUT2D eigenvalue weighted by atomic mass is 10.1. The second-order valence-electron chi connectivity index (χ2n) is 4.50. The fourth-order valence-corrected chi connectivity index (χ4v) is 2.18. The van der Waals surface area contributed by atoms with Crippen molar-refractivity contribution in [2.75, 3.05) is 13.1 Å². The molecule has 0 radical (unpaired) electrons. The van der Waals surface area contributed by atoms with Gasteiger partial charge in [0.2, 0.25) is 0 Å². The summed E-state index contributed by atoms with van der Waals surface area (Å²) in [7, 11) is 0. The monoisotopic (exact) mass is 213 g/mol. The van der Waals surface area contributed by atoms with E-state index in [9.17, 15) is 5.11 Å². The molecule has 1 heterocycles. The fourth-order valence-electron chi connectivity index (χ4n) is 2.18. The molecule has 0 atom stereocenters. The summed E-state index contributed by atoms with van der Waals surface area (Å²) in [6.45, 7) is 3.51. The number of fused-ring (bicyclic) bond motifs is 1. The lowest BCUT2D eigenvalue weighted by Crippen LogP contribution is -2.36. The molecule has 0 unspecified atom stereocenters. The summed E-state index contributed by atoms with van der Waals surface area (Å²) >= 11 is 0. The van der Waals surface area contributed by atoms with Gasteiger partial charge >= 0.3 is 0 Å². The first kappa shape index (κ1) is 9.67. The summed E-state index contributed by atoms with van der Waals surface area (Å²) in [5.41, 5.74) is 1.36. The summed E-state index contributed by atoms with van der Waals surface area (Å²) in [6.07, 6.45) is 1.33. The predicted molar refractivity (Wildman–Crippen MR) is 65.5 cm³/mol. The van der Waals surface area contributed by atoms with Gasteiger partial charge in [-0.1, -0.05) is 18.2 Å². The van der Waals surface area contributed by atoms with Crippen molar-refractivity contribution in [3.63, 3.8) is 0 Å². The van der Waals surface area contributed by atoms with Crippen LogP contribution in [0.1, 0.15) is 12.0 Å². The van der Waals surface area contributed by atoms with Gasteiger partial charge in [-0.25, -0.2) is 0 Å². The van der Waals surface area contributed by atoms with Crippen molar-refractivity contribution in [1.82, 2.24) is 4.90 Å². The van der Waals surface area contributed by atoms with Crippen LogP contribution in [0.5, 0.6) is 5.75 Å². The van der Waals surface area contributed by atoms with Crippen LogP contribution in [0, 0.1) is 0 Å². The molecule has 1 saturated heterocycles. The first-order valence-electron chi connectivity index (χ1n) is 5.75. The van der Waals surface area contributed by atoms with Crippen molar-refractivity contribution < 1.29 is 5.11 Å². The average molecular weight is 213 g/mol. The number of aromatic hydroxyl groups is 1. The van der Waals surface area contributed by atoms with E-state index in [1.807, 2.05) is 12.1 Å². The van der Waals surface area contributed by atoms with Crippen molar-refractivity contribution in [3.8, 4) is 5.75 Å². The van der Waals surface area contributed by atoms with Crippen LogP contribution in [0.15, 0.2) is 36.4 Å². The van der Waals surface area contributed by atoms with E-state index < -0.39 is 0 Å². The van der Waals surface area contributed by atoms with Crippen molar-refractivity contribution in [2.45, 2.75) is 13.0 Å². The first-order chi connectivity index (χ1) is 7.81. The zero-order chi connectivity index (χ0) is 11.0. The molecule has 1 aliphatic rings. The molecule has 3 rings (SSSR count). The molecule has 0 bridgehead atoms. The van der Waals surface area contributed by atoms with Gasteiger partial charge in [0.15, 0.2) is 0 Å². The summed E-state index contributed by atoms with van der Waals surface area (Å²) < 4.78 is 0. The number of hydrogen-bond donors (Lipinski definition) is 1. The SMILES string of the molecule is Oc1ccc2cc(CN3CCC3)ccc2c1. The van der Waals surface area contributed by atoms with E-state index in [0.29, 0.717) is 5.75 Å². The smallest absolute Gasteiger partial charge is 0.116 e. The van der Waals surface area contributed by atoms with E-state index in [4.69, 9.17) is 0 Å². The topological polar surface area (TPSA) is 23.5 Å². The maximum atomic E-state index is 9.38. The third-order valence-electron chi connectivity index (χ3n) is 3.24. The fraction of sp³-hybridized carbons (Fsp3) is 0.286. The highest BCUT2D eigenvalue weighted by molar-refractivity contribution is 5.84. The molecule has 2 heteroatoms. The van der Waals surface area contributed by atoms with Crippen molar-refractivity contribution in [1.29, 1.82) is 0 Å². The minimum absolute atomic E-state index is 0.336. The second-order valence-corrected chi connectivity index (χ2v) is 4.50. The number of benzene rings is 2. The van der Waals surface area contributed by atoms with E-state index in [1.54, 1.807) is 6.07 Å². The van der Waals surface area contributed by atoms with Crippen LogP contribution in [0.2, 0.25) is 0 Å². The molecule has 0 aromatic heterocycles. The Labute approximate surface area is 95.1 Å². The predicted octanol–water partition coefficient (Wildman–Crippen LogP) is 2.75. The molecule has 0 saturated carbocycles. The van der Waals surface area contributed by atoms with Crippen molar-refractivity contribution in [3.05, 3.63) is 42.0 Å². The van der Waals surface area contributed by atoms with E-state index in [0.717, 1.165) is 11.9 Å². The minimum Gasteiger partial charge on any atom is -0.508 e. The Hall–Kier alpha value is -1.54. The van der Waals surface area contributed by atoms with Crippen LogP contribution in [0.4, 0.5) is 0 Å². The Bertz CT molecular complexity index is 517. The van der Waals surface area contributed by atoms with E-state index in [-0.39, 0.29) is 0 Å². The quantitative estimate of drug-likeness (QED) is 0.829. The number of nitrogens with zero attached hydrogens (tertiary/aromatic N) is 1. The molecule has 0 aliphatic carbocycles. The van der Waals surface area contributed by atoms with Crippen LogP contribution in [-0.4, -0.2) is 23.1 Å². The molecule has 0 amide bonds. The van der Waals surface area contributed by atoms with Crippen LogP contribution < -0.4 is 0 Å². The Balaban J connectivity index is 1.92. The highest BCUT2D eigenvalue weighted by Crippen LogP contribution is 2.22. The standard InChI is InChI=1S/C14H15NO/c16-14-5-4-12-8-11(2-3-13(12)9-14)10-15-6-1-7-15/h2-5,8-9,16H,1,6-7,10H2. The summed E-state index contributed by atoms with van der Waals surface area (Å²) in [4.78, 5) is 2.45. The van der Waals surface area contributed by atoms with Crippen LogP contribution in [0.3, 0.4) is 0 Å². The van der Waals surface area contributed by atoms with Gasteiger partial charge in [-0.2, -0.15) is 0 Å². The van der Waals surface area contributed by atoms with E-state index in [1.165, 1.54) is 30.5 Å². The maximum absolute atomic E-state index is 9.38. The Morgan fingerprint density at radius 2 is 1.75 bits per heavy atom. The highest BCUT2D eigenvalue weighted by atomic mass is 16.3. The maximum Gasteiger partial charge on any atom is 0.116 e. The average Bonchev–Trinajstić information content (AvgIpc) is 2.23. The summed E-state index contributed by atoms with van der Waals surface area (Å²) in [6, 6.07) is 12.0. The molecule has 2 aromatic carbocycles. The normalized spacial score (nSPS) is 16.2. The Morgan fingerprint density at radius 3 is 2.50 bits per heavy atom.